The van der Waals surface area contributed by atoms with Crippen LogP contribution in [0.1, 0.15) is 27.0 Å². The van der Waals surface area contributed by atoms with E-state index >= 15 is 0 Å². The fourth-order valence-corrected chi connectivity index (χ4v) is 2.70. The van der Waals surface area contributed by atoms with Crippen molar-refractivity contribution >= 4 is 23.7 Å². The van der Waals surface area contributed by atoms with Crippen molar-refractivity contribution in [2.45, 2.75) is 0 Å². The van der Waals surface area contributed by atoms with Crippen molar-refractivity contribution in [1.29, 1.82) is 5.26 Å². The van der Waals surface area contributed by atoms with Gasteiger partial charge in [-0.25, -0.2) is 5.43 Å². The van der Waals surface area contributed by atoms with E-state index in [0.717, 1.165) is 5.56 Å². The Bertz CT molecular complexity index is 1320. The lowest BCUT2D eigenvalue weighted by atomic mass is 10.1. The van der Waals surface area contributed by atoms with Gasteiger partial charge in [-0.2, -0.15) is 10.4 Å². The number of methoxy groups -OCH3 is 1. The Hall–Kier alpha value is -5.08. The van der Waals surface area contributed by atoms with Gasteiger partial charge in [0.25, 0.3) is 5.91 Å². The number of carbonyl (C=O) groups is 2. The lowest BCUT2D eigenvalue weighted by Gasteiger charge is -2.08. The Morgan fingerprint density at radius 2 is 1.88 bits per heavy atom. The molecule has 3 N–H and O–H groups in total. The third-order valence-corrected chi connectivity index (χ3v) is 4.33. The summed E-state index contributed by atoms with van der Waals surface area (Å²) >= 11 is 0. The second-order valence-corrected chi connectivity index (χ2v) is 6.57. The number of rotatable bonds is 5. The van der Waals surface area contributed by atoms with E-state index < -0.39 is 11.8 Å². The van der Waals surface area contributed by atoms with Crippen LogP contribution in [-0.4, -0.2) is 30.2 Å². The molecule has 3 aromatic carbocycles. The summed E-state index contributed by atoms with van der Waals surface area (Å²) in [6, 6.07) is 19.8. The van der Waals surface area contributed by atoms with E-state index in [1.165, 1.54) is 31.5 Å². The van der Waals surface area contributed by atoms with Crippen LogP contribution >= 0.6 is 0 Å². The maximum absolute atomic E-state index is 12.2. The van der Waals surface area contributed by atoms with Gasteiger partial charge in [0.05, 0.1) is 18.9 Å². The Morgan fingerprint density at radius 1 is 1.09 bits per heavy atom. The number of hydrogen-bond acceptors (Lipinski definition) is 6. The summed E-state index contributed by atoms with van der Waals surface area (Å²) in [7, 11) is 1.46. The van der Waals surface area contributed by atoms with Gasteiger partial charge in [-0.15, -0.1) is 0 Å². The van der Waals surface area contributed by atoms with Gasteiger partial charge in [0.1, 0.15) is 17.6 Å². The second kappa shape index (κ2) is 10.8. The fraction of sp³-hybridized carbons (Fsp3) is 0.0400. The summed E-state index contributed by atoms with van der Waals surface area (Å²) in [5.74, 6) is 4.49. The molecule has 3 aromatic rings. The molecule has 162 valence electrons. The van der Waals surface area contributed by atoms with Crippen LogP contribution in [-0.2, 0) is 4.79 Å². The Kier molecular flexibility index (Phi) is 7.40. The number of ether oxygens (including phenoxy) is 1. The molecule has 0 aromatic heterocycles. The first-order valence-electron chi connectivity index (χ1n) is 9.63. The van der Waals surface area contributed by atoms with Crippen LogP contribution in [0, 0.1) is 23.2 Å². The summed E-state index contributed by atoms with van der Waals surface area (Å²) in [6.45, 7) is 0. The molecule has 3 rings (SSSR count). The first kappa shape index (κ1) is 22.6. The highest BCUT2D eigenvalue weighted by atomic mass is 16.5. The Balaban J connectivity index is 1.65. The van der Waals surface area contributed by atoms with E-state index in [-0.39, 0.29) is 16.9 Å². The summed E-state index contributed by atoms with van der Waals surface area (Å²) in [4.78, 5) is 24.3. The third-order valence-electron chi connectivity index (χ3n) is 4.33. The summed E-state index contributed by atoms with van der Waals surface area (Å²) in [5, 5.41) is 25.0. The number of carbonyl (C=O) groups excluding carboxylic acids is 2. The number of hydrazone groups is 1. The number of nitrogens with zero attached hydrogens (tertiary/aromatic N) is 2. The topological polar surface area (TPSA) is 124 Å². The normalized spacial score (nSPS) is 9.94. The van der Waals surface area contributed by atoms with Crippen molar-refractivity contribution in [3.63, 3.8) is 0 Å². The molecule has 0 saturated heterocycles. The van der Waals surface area contributed by atoms with Crippen molar-refractivity contribution in [3.05, 3.63) is 89.0 Å². The Labute approximate surface area is 190 Å². The molecule has 8 nitrogen and oxygen atoms in total. The van der Waals surface area contributed by atoms with Crippen LogP contribution < -0.4 is 15.5 Å². The van der Waals surface area contributed by atoms with E-state index in [2.05, 4.69) is 27.7 Å². The number of nitriles is 1. The molecule has 0 atom stereocenters. The van der Waals surface area contributed by atoms with Gasteiger partial charge < -0.3 is 15.2 Å². The van der Waals surface area contributed by atoms with Gasteiger partial charge in [-0.1, -0.05) is 24.1 Å². The molecule has 0 aliphatic carbocycles. The largest absolute Gasteiger partial charge is 0.507 e. The molecule has 0 saturated carbocycles. The Morgan fingerprint density at radius 3 is 2.61 bits per heavy atom. The zero-order valence-corrected chi connectivity index (χ0v) is 17.5. The van der Waals surface area contributed by atoms with Gasteiger partial charge in [-0.05, 0) is 42.5 Å². The molecule has 8 heteroatoms. The molecule has 0 heterocycles. The van der Waals surface area contributed by atoms with E-state index in [1.807, 2.05) is 18.2 Å². The molecule has 0 radical (unpaired) electrons. The fourth-order valence-electron chi connectivity index (χ4n) is 2.70. The van der Waals surface area contributed by atoms with Gasteiger partial charge in [0.15, 0.2) is 0 Å². The molecule has 0 spiro atoms. The SMILES string of the molecule is COc1cc(NC(=O)C#Cc2ccccc2)ccc1C=NNC(=O)c1ccc(O)c(C#N)c1. The van der Waals surface area contributed by atoms with Crippen molar-refractivity contribution in [2.75, 3.05) is 12.4 Å². The van der Waals surface area contributed by atoms with Gasteiger partial charge in [-0.3, -0.25) is 9.59 Å². The average Bonchev–Trinajstić information content (AvgIpc) is 2.84. The van der Waals surface area contributed by atoms with Crippen LogP contribution in [0.2, 0.25) is 0 Å². The van der Waals surface area contributed by atoms with Gasteiger partial charge in [0, 0.05) is 34.4 Å². The highest BCUT2D eigenvalue weighted by Crippen LogP contribution is 2.22. The monoisotopic (exact) mass is 438 g/mol. The van der Waals surface area contributed by atoms with Gasteiger partial charge in [0.2, 0.25) is 0 Å². The third kappa shape index (κ3) is 6.20. The number of hydrogen-bond donors (Lipinski definition) is 3. The molecule has 33 heavy (non-hydrogen) atoms. The first-order chi connectivity index (χ1) is 16.0. The van der Waals surface area contributed by atoms with Crippen LogP contribution in [0.15, 0.2) is 71.8 Å². The van der Waals surface area contributed by atoms with Crippen molar-refractivity contribution in [2.24, 2.45) is 5.10 Å². The lowest BCUT2D eigenvalue weighted by molar-refractivity contribution is -0.111. The van der Waals surface area contributed by atoms with Crippen molar-refractivity contribution < 1.29 is 19.4 Å². The number of phenolic OH excluding ortho intramolecular Hbond substituents is 1. The zero-order valence-electron chi connectivity index (χ0n) is 17.5. The van der Waals surface area contributed by atoms with Crippen LogP contribution in [0.4, 0.5) is 5.69 Å². The molecular formula is C25H18N4O4. The predicted octanol–water partition coefficient (Wildman–Crippen LogP) is 3.03. The average molecular weight is 438 g/mol. The standard InChI is InChI=1S/C25H18N4O4/c1-33-23-14-21(28-24(31)12-7-17-5-3-2-4-6-17)10-8-19(23)16-27-29-25(32)18-9-11-22(30)20(13-18)15-26/h2-6,8-11,13-14,16,30H,1H3,(H,28,31)(H,29,32). The zero-order chi connectivity index (χ0) is 23.6. The molecule has 0 fully saturated rings. The lowest BCUT2D eigenvalue weighted by Crippen LogP contribution is -2.17. The molecule has 2 amide bonds. The number of benzene rings is 3. The van der Waals surface area contributed by atoms with E-state index in [0.29, 0.717) is 17.0 Å². The summed E-state index contributed by atoms with van der Waals surface area (Å²) in [5.41, 5.74) is 4.26. The molecule has 0 aliphatic heterocycles. The van der Waals surface area contributed by atoms with E-state index in [9.17, 15) is 14.7 Å². The van der Waals surface area contributed by atoms with E-state index in [4.69, 9.17) is 10.00 Å². The van der Waals surface area contributed by atoms with E-state index in [1.54, 1.807) is 36.4 Å². The molecular weight excluding hydrogens is 420 g/mol. The number of phenols is 1. The highest BCUT2D eigenvalue weighted by Gasteiger charge is 2.09. The highest BCUT2D eigenvalue weighted by molar-refractivity contribution is 6.04. The smallest absolute Gasteiger partial charge is 0.300 e. The molecule has 0 unspecified atom stereocenters. The first-order valence-corrected chi connectivity index (χ1v) is 9.63. The minimum absolute atomic E-state index is 0.0145. The maximum Gasteiger partial charge on any atom is 0.300 e. The number of anilines is 1. The minimum Gasteiger partial charge on any atom is -0.507 e. The summed E-state index contributed by atoms with van der Waals surface area (Å²) < 4.78 is 5.33. The molecule has 0 aliphatic rings. The quantitative estimate of drug-likeness (QED) is 0.321. The number of nitrogens with one attached hydrogen (secondary N) is 2. The minimum atomic E-state index is -0.553. The van der Waals surface area contributed by atoms with Crippen molar-refractivity contribution in [3.8, 4) is 29.4 Å². The number of aromatic hydroxyl groups is 1. The maximum atomic E-state index is 12.2. The van der Waals surface area contributed by atoms with Crippen LogP contribution in [0.3, 0.4) is 0 Å². The number of amides is 2. The van der Waals surface area contributed by atoms with Crippen LogP contribution in [0.5, 0.6) is 11.5 Å². The summed E-state index contributed by atoms with van der Waals surface area (Å²) in [6.07, 6.45) is 1.38. The second-order valence-electron chi connectivity index (χ2n) is 6.57. The van der Waals surface area contributed by atoms with Crippen LogP contribution in [0.25, 0.3) is 0 Å². The predicted molar refractivity (Wildman–Crippen MR) is 123 cm³/mol. The molecule has 0 bridgehead atoms. The van der Waals surface area contributed by atoms with Gasteiger partial charge >= 0.3 is 5.91 Å². The van der Waals surface area contributed by atoms with Crippen molar-refractivity contribution in [1.82, 2.24) is 5.43 Å².